The van der Waals surface area contributed by atoms with Crippen LogP contribution in [0.2, 0.25) is 0 Å². The largest absolute Gasteiger partial charge is 0.257 e. The van der Waals surface area contributed by atoms with E-state index in [2.05, 4.69) is 4.98 Å². The van der Waals surface area contributed by atoms with E-state index in [-0.39, 0.29) is 11.7 Å². The molecule has 10 heavy (non-hydrogen) atoms. The van der Waals surface area contributed by atoms with E-state index in [0.717, 1.165) is 0 Å². The summed E-state index contributed by atoms with van der Waals surface area (Å²) >= 11 is 5.40. The van der Waals surface area contributed by atoms with Crippen molar-refractivity contribution in [2.24, 2.45) is 0 Å². The molecule has 1 aromatic heterocycles. The number of aryl methyl sites for hydroxylation is 1. The molecule has 3 heteroatoms. The minimum atomic E-state index is -0.294. The predicted molar refractivity (Wildman–Crippen MR) is 38.5 cm³/mol. The maximum absolute atomic E-state index is 12.9. The Bertz CT molecular complexity index is 237. The van der Waals surface area contributed by atoms with E-state index >= 15 is 0 Å². The van der Waals surface area contributed by atoms with Crippen molar-refractivity contribution in [3.05, 3.63) is 29.3 Å². The van der Waals surface area contributed by atoms with Crippen LogP contribution in [0.5, 0.6) is 0 Å². The molecule has 1 nitrogen and oxygen atoms in total. The maximum atomic E-state index is 12.9. The Kier molecular flexibility index (Phi) is 2.22. The molecule has 0 amide bonds. The van der Waals surface area contributed by atoms with Gasteiger partial charge in [0.05, 0.1) is 11.6 Å². The molecule has 0 bridgehead atoms. The van der Waals surface area contributed by atoms with Crippen molar-refractivity contribution < 1.29 is 4.39 Å². The first kappa shape index (κ1) is 7.48. The quantitative estimate of drug-likeness (QED) is 0.573. The van der Waals surface area contributed by atoms with Crippen LogP contribution in [0, 0.1) is 12.7 Å². The molecular weight excluding hydrogens is 153 g/mol. The third kappa shape index (κ3) is 1.27. The summed E-state index contributed by atoms with van der Waals surface area (Å²) in [6, 6.07) is 1.62. The van der Waals surface area contributed by atoms with Gasteiger partial charge in [0, 0.05) is 6.20 Å². The predicted octanol–water partition coefficient (Wildman–Crippen LogP) is 2.27. The van der Waals surface area contributed by atoms with Crippen LogP contribution in [0.4, 0.5) is 4.39 Å². The van der Waals surface area contributed by atoms with Gasteiger partial charge in [-0.2, -0.15) is 0 Å². The third-order valence-corrected chi connectivity index (χ3v) is 1.53. The van der Waals surface area contributed by atoms with E-state index < -0.39 is 0 Å². The van der Waals surface area contributed by atoms with Gasteiger partial charge in [0.15, 0.2) is 0 Å². The van der Waals surface area contributed by atoms with Gasteiger partial charge in [-0.25, -0.2) is 4.39 Å². The standard InChI is InChI=1S/C7H7ClFN/c1-5-2-3-10-6(4-8)7(5)9/h2-3H,4H2,1H3. The number of rotatable bonds is 1. The molecule has 0 saturated heterocycles. The molecular formula is C7H7ClFN. The molecule has 1 heterocycles. The second-order valence-electron chi connectivity index (χ2n) is 2.02. The Morgan fingerprint density at radius 2 is 2.40 bits per heavy atom. The monoisotopic (exact) mass is 159 g/mol. The van der Waals surface area contributed by atoms with Crippen LogP contribution in [0.1, 0.15) is 11.3 Å². The lowest BCUT2D eigenvalue weighted by Gasteiger charge is -1.98. The van der Waals surface area contributed by atoms with Gasteiger partial charge in [-0.1, -0.05) is 0 Å². The van der Waals surface area contributed by atoms with E-state index in [1.54, 1.807) is 19.2 Å². The van der Waals surface area contributed by atoms with Crippen LogP contribution < -0.4 is 0 Å². The second-order valence-corrected chi connectivity index (χ2v) is 2.29. The Morgan fingerprint density at radius 3 is 2.90 bits per heavy atom. The van der Waals surface area contributed by atoms with Gasteiger partial charge in [-0.3, -0.25) is 4.98 Å². The number of nitrogens with zero attached hydrogens (tertiary/aromatic N) is 1. The minimum Gasteiger partial charge on any atom is -0.257 e. The highest BCUT2D eigenvalue weighted by Gasteiger charge is 2.02. The van der Waals surface area contributed by atoms with E-state index in [1.807, 2.05) is 0 Å². The Labute approximate surface area is 63.8 Å². The van der Waals surface area contributed by atoms with Gasteiger partial charge in [0.25, 0.3) is 0 Å². The van der Waals surface area contributed by atoms with Crippen LogP contribution >= 0.6 is 11.6 Å². The zero-order valence-electron chi connectivity index (χ0n) is 5.56. The van der Waals surface area contributed by atoms with Crippen LogP contribution in [0.15, 0.2) is 12.3 Å². The molecule has 0 atom stereocenters. The summed E-state index contributed by atoms with van der Waals surface area (Å²) < 4.78 is 12.9. The molecule has 0 radical (unpaired) electrons. The van der Waals surface area contributed by atoms with Gasteiger partial charge in [-0.15, -0.1) is 11.6 Å². The van der Waals surface area contributed by atoms with Crippen molar-refractivity contribution in [3.8, 4) is 0 Å². The van der Waals surface area contributed by atoms with E-state index in [0.29, 0.717) is 11.3 Å². The molecule has 0 aliphatic rings. The zero-order chi connectivity index (χ0) is 7.56. The van der Waals surface area contributed by atoms with Gasteiger partial charge >= 0.3 is 0 Å². The Balaban J connectivity index is 3.14. The molecule has 0 spiro atoms. The first-order chi connectivity index (χ1) is 4.75. The lowest BCUT2D eigenvalue weighted by molar-refractivity contribution is 0.598. The SMILES string of the molecule is Cc1ccnc(CCl)c1F. The number of halogens is 2. The van der Waals surface area contributed by atoms with Crippen molar-refractivity contribution in [3.63, 3.8) is 0 Å². The number of aromatic nitrogens is 1. The molecule has 0 N–H and O–H groups in total. The highest BCUT2D eigenvalue weighted by Crippen LogP contribution is 2.10. The summed E-state index contributed by atoms with van der Waals surface area (Å²) in [7, 11) is 0. The summed E-state index contributed by atoms with van der Waals surface area (Å²) in [5.74, 6) is -0.162. The van der Waals surface area contributed by atoms with Crippen molar-refractivity contribution in [2.45, 2.75) is 12.8 Å². The summed E-state index contributed by atoms with van der Waals surface area (Å²) in [6.45, 7) is 1.69. The molecule has 0 unspecified atom stereocenters. The molecule has 0 aliphatic carbocycles. The highest BCUT2D eigenvalue weighted by atomic mass is 35.5. The van der Waals surface area contributed by atoms with Gasteiger partial charge in [0.1, 0.15) is 5.82 Å². The average Bonchev–Trinajstić information content (AvgIpc) is 1.95. The molecule has 54 valence electrons. The molecule has 0 fully saturated rings. The number of hydrogen-bond acceptors (Lipinski definition) is 1. The van der Waals surface area contributed by atoms with E-state index in [9.17, 15) is 4.39 Å². The Morgan fingerprint density at radius 1 is 1.70 bits per heavy atom. The number of pyridine rings is 1. The maximum Gasteiger partial charge on any atom is 0.148 e. The first-order valence-corrected chi connectivity index (χ1v) is 3.45. The average molecular weight is 160 g/mol. The van der Waals surface area contributed by atoms with Crippen molar-refractivity contribution in [1.82, 2.24) is 4.98 Å². The smallest absolute Gasteiger partial charge is 0.148 e. The van der Waals surface area contributed by atoms with Gasteiger partial charge < -0.3 is 0 Å². The van der Waals surface area contributed by atoms with E-state index in [1.165, 1.54) is 0 Å². The lowest BCUT2D eigenvalue weighted by atomic mass is 10.2. The van der Waals surface area contributed by atoms with Crippen molar-refractivity contribution >= 4 is 11.6 Å². The van der Waals surface area contributed by atoms with Crippen molar-refractivity contribution in [2.75, 3.05) is 0 Å². The van der Waals surface area contributed by atoms with Gasteiger partial charge in [-0.05, 0) is 18.6 Å². The fourth-order valence-corrected chi connectivity index (χ4v) is 0.876. The van der Waals surface area contributed by atoms with Crippen LogP contribution in [0.3, 0.4) is 0 Å². The minimum absolute atomic E-state index is 0.132. The fourth-order valence-electron chi connectivity index (χ4n) is 0.690. The van der Waals surface area contributed by atoms with Crippen molar-refractivity contribution in [1.29, 1.82) is 0 Å². The van der Waals surface area contributed by atoms with Crippen LogP contribution in [-0.2, 0) is 5.88 Å². The fraction of sp³-hybridized carbons (Fsp3) is 0.286. The highest BCUT2D eigenvalue weighted by molar-refractivity contribution is 6.16. The number of hydrogen-bond donors (Lipinski definition) is 0. The molecule has 0 saturated carbocycles. The third-order valence-electron chi connectivity index (χ3n) is 1.28. The normalized spacial score (nSPS) is 9.90. The zero-order valence-corrected chi connectivity index (χ0v) is 6.32. The summed E-state index contributed by atoms with van der Waals surface area (Å²) in [5, 5.41) is 0. The van der Waals surface area contributed by atoms with Crippen LogP contribution in [-0.4, -0.2) is 4.98 Å². The summed E-state index contributed by atoms with van der Waals surface area (Å²) in [5.41, 5.74) is 0.910. The topological polar surface area (TPSA) is 12.9 Å². The summed E-state index contributed by atoms with van der Waals surface area (Å²) in [6.07, 6.45) is 1.55. The second kappa shape index (κ2) is 2.97. The molecule has 0 aliphatic heterocycles. The van der Waals surface area contributed by atoms with Crippen LogP contribution in [0.25, 0.3) is 0 Å². The first-order valence-electron chi connectivity index (χ1n) is 2.91. The molecule has 1 aromatic rings. The number of alkyl halides is 1. The molecule has 1 rings (SSSR count). The molecule has 0 aromatic carbocycles. The lowest BCUT2D eigenvalue weighted by Crippen LogP contribution is -1.93. The summed E-state index contributed by atoms with van der Waals surface area (Å²) in [4.78, 5) is 3.75. The van der Waals surface area contributed by atoms with Gasteiger partial charge in [0.2, 0.25) is 0 Å². The Hall–Kier alpha value is -0.630. The van der Waals surface area contributed by atoms with E-state index in [4.69, 9.17) is 11.6 Å².